The second-order valence-corrected chi connectivity index (χ2v) is 3.95. The van der Waals surface area contributed by atoms with Crippen LogP contribution in [-0.4, -0.2) is 5.78 Å². The quantitative estimate of drug-likeness (QED) is 0.734. The maximum absolute atomic E-state index is 11.9. The van der Waals surface area contributed by atoms with Crippen LogP contribution in [0.15, 0.2) is 41.0 Å². The van der Waals surface area contributed by atoms with Crippen molar-refractivity contribution in [3.05, 3.63) is 59.0 Å². The Bertz CT molecular complexity index is 475. The summed E-state index contributed by atoms with van der Waals surface area (Å²) in [6.07, 6.45) is 1.93. The number of Topliss-reactive ketones (excluding diaryl/α,β-unsaturated/α-hetero) is 1. The minimum Gasteiger partial charge on any atom is -0.461 e. The van der Waals surface area contributed by atoms with E-state index in [-0.39, 0.29) is 5.78 Å². The molecule has 1 aromatic heterocycles. The van der Waals surface area contributed by atoms with Gasteiger partial charge in [-0.2, -0.15) is 0 Å². The maximum atomic E-state index is 11.9. The van der Waals surface area contributed by atoms with Crippen LogP contribution in [0, 0.1) is 13.8 Å². The molecule has 2 heteroatoms. The topological polar surface area (TPSA) is 30.2 Å². The predicted octanol–water partition coefficient (Wildman–Crippen LogP) is 3.32. The number of hydrogen-bond donors (Lipinski definition) is 0. The van der Waals surface area contributed by atoms with Crippen molar-refractivity contribution in [1.29, 1.82) is 0 Å². The molecule has 0 aliphatic rings. The van der Waals surface area contributed by atoms with E-state index < -0.39 is 0 Å². The van der Waals surface area contributed by atoms with Gasteiger partial charge in [0.2, 0.25) is 5.78 Å². The van der Waals surface area contributed by atoms with Crippen molar-refractivity contribution in [3.63, 3.8) is 0 Å². The third-order valence-electron chi connectivity index (χ3n) is 2.78. The Hall–Kier alpha value is -1.83. The molecular weight excluding hydrogens is 200 g/mol. The Morgan fingerprint density at radius 3 is 2.38 bits per heavy atom. The first-order valence-electron chi connectivity index (χ1n) is 5.30. The van der Waals surface area contributed by atoms with Crippen LogP contribution in [0.25, 0.3) is 0 Å². The van der Waals surface area contributed by atoms with Gasteiger partial charge in [0, 0.05) is 6.42 Å². The second-order valence-electron chi connectivity index (χ2n) is 3.95. The number of carbonyl (C=O) groups excluding carboxylic acids is 1. The molecule has 0 spiro atoms. The van der Waals surface area contributed by atoms with E-state index in [9.17, 15) is 4.79 Å². The molecule has 0 saturated carbocycles. The van der Waals surface area contributed by atoms with Gasteiger partial charge in [-0.15, -0.1) is 0 Å². The lowest BCUT2D eigenvalue weighted by molar-refractivity contribution is 0.0966. The highest BCUT2D eigenvalue weighted by Gasteiger charge is 2.12. The van der Waals surface area contributed by atoms with Crippen molar-refractivity contribution in [2.24, 2.45) is 0 Å². The Morgan fingerprint density at radius 2 is 1.81 bits per heavy atom. The molecule has 0 fully saturated rings. The van der Waals surface area contributed by atoms with Gasteiger partial charge in [-0.25, -0.2) is 0 Å². The van der Waals surface area contributed by atoms with Gasteiger partial charge >= 0.3 is 0 Å². The fraction of sp³-hybridized carbons (Fsp3) is 0.214. The second kappa shape index (κ2) is 4.35. The molecule has 82 valence electrons. The number of furan rings is 1. The average Bonchev–Trinajstić information content (AvgIpc) is 2.76. The van der Waals surface area contributed by atoms with Crippen molar-refractivity contribution < 1.29 is 9.21 Å². The zero-order chi connectivity index (χ0) is 11.5. The fourth-order valence-electron chi connectivity index (χ4n) is 1.81. The van der Waals surface area contributed by atoms with Gasteiger partial charge in [-0.05, 0) is 42.7 Å². The molecule has 1 heterocycles. The zero-order valence-corrected chi connectivity index (χ0v) is 9.49. The maximum Gasteiger partial charge on any atom is 0.202 e. The van der Waals surface area contributed by atoms with Crippen LogP contribution >= 0.6 is 0 Å². The van der Waals surface area contributed by atoms with Crippen LogP contribution in [-0.2, 0) is 6.42 Å². The highest BCUT2D eigenvalue weighted by atomic mass is 16.3. The van der Waals surface area contributed by atoms with Gasteiger partial charge in [0.05, 0.1) is 6.26 Å². The first-order valence-corrected chi connectivity index (χ1v) is 5.30. The molecule has 0 unspecified atom stereocenters. The van der Waals surface area contributed by atoms with Crippen LogP contribution in [0.4, 0.5) is 0 Å². The lowest BCUT2D eigenvalue weighted by atomic mass is 9.97. The molecule has 0 amide bonds. The summed E-state index contributed by atoms with van der Waals surface area (Å²) in [5, 5.41) is 0. The fourth-order valence-corrected chi connectivity index (χ4v) is 1.81. The van der Waals surface area contributed by atoms with Gasteiger partial charge in [-0.3, -0.25) is 4.79 Å². The molecule has 2 aromatic rings. The van der Waals surface area contributed by atoms with Gasteiger partial charge in [-0.1, -0.05) is 18.2 Å². The Labute approximate surface area is 94.9 Å². The summed E-state index contributed by atoms with van der Waals surface area (Å²) in [5.41, 5.74) is 3.41. The summed E-state index contributed by atoms with van der Waals surface area (Å²) < 4.78 is 5.10. The Morgan fingerprint density at radius 1 is 1.12 bits per heavy atom. The van der Waals surface area contributed by atoms with E-state index in [1.54, 1.807) is 12.1 Å². The van der Waals surface area contributed by atoms with E-state index >= 15 is 0 Å². The number of rotatable bonds is 3. The average molecular weight is 214 g/mol. The van der Waals surface area contributed by atoms with Crippen LogP contribution in [0.5, 0.6) is 0 Å². The third-order valence-corrected chi connectivity index (χ3v) is 2.78. The molecule has 0 radical (unpaired) electrons. The molecular formula is C14H14O2. The number of hydrogen-bond acceptors (Lipinski definition) is 2. The van der Waals surface area contributed by atoms with Gasteiger partial charge < -0.3 is 4.42 Å². The lowest BCUT2D eigenvalue weighted by Crippen LogP contribution is -2.05. The third kappa shape index (κ3) is 2.06. The normalized spacial score (nSPS) is 10.4. The summed E-state index contributed by atoms with van der Waals surface area (Å²) in [4.78, 5) is 11.9. The van der Waals surface area contributed by atoms with Crippen molar-refractivity contribution in [2.45, 2.75) is 20.3 Å². The van der Waals surface area contributed by atoms with Crippen molar-refractivity contribution in [2.75, 3.05) is 0 Å². The summed E-state index contributed by atoms with van der Waals surface area (Å²) in [5.74, 6) is 0.463. The number of aryl methyl sites for hydroxylation is 2. The smallest absolute Gasteiger partial charge is 0.202 e. The van der Waals surface area contributed by atoms with Crippen molar-refractivity contribution in [1.82, 2.24) is 0 Å². The molecule has 1 aromatic carbocycles. The molecule has 0 bridgehead atoms. The number of ketones is 1. The summed E-state index contributed by atoms with van der Waals surface area (Å²) >= 11 is 0. The molecule has 2 rings (SSSR count). The van der Waals surface area contributed by atoms with E-state index in [1.807, 2.05) is 32.0 Å². The van der Waals surface area contributed by atoms with E-state index in [1.165, 1.54) is 6.26 Å². The molecule has 2 nitrogen and oxygen atoms in total. The minimum absolute atomic E-state index is 0.0300. The largest absolute Gasteiger partial charge is 0.461 e. The highest BCUT2D eigenvalue weighted by molar-refractivity contribution is 5.95. The van der Waals surface area contributed by atoms with Crippen LogP contribution in [0.3, 0.4) is 0 Å². The Balaban J connectivity index is 2.25. The number of benzene rings is 1. The van der Waals surface area contributed by atoms with E-state index in [0.29, 0.717) is 12.2 Å². The highest BCUT2D eigenvalue weighted by Crippen LogP contribution is 2.16. The van der Waals surface area contributed by atoms with Crippen molar-refractivity contribution in [3.8, 4) is 0 Å². The zero-order valence-electron chi connectivity index (χ0n) is 9.49. The predicted molar refractivity (Wildman–Crippen MR) is 62.7 cm³/mol. The monoisotopic (exact) mass is 214 g/mol. The summed E-state index contributed by atoms with van der Waals surface area (Å²) in [7, 11) is 0. The van der Waals surface area contributed by atoms with Crippen molar-refractivity contribution >= 4 is 5.78 Å². The molecule has 0 N–H and O–H groups in total. The molecule has 16 heavy (non-hydrogen) atoms. The molecule has 0 atom stereocenters. The standard InChI is InChI=1S/C14H14O2/c1-10-5-3-6-11(2)12(10)9-13(15)14-7-4-8-16-14/h3-8H,9H2,1-2H3. The first-order chi connectivity index (χ1) is 7.68. The van der Waals surface area contributed by atoms with Gasteiger partial charge in [0.15, 0.2) is 5.76 Å². The molecule has 0 saturated heterocycles. The van der Waals surface area contributed by atoms with Gasteiger partial charge in [0.1, 0.15) is 0 Å². The van der Waals surface area contributed by atoms with E-state index in [2.05, 4.69) is 0 Å². The summed E-state index contributed by atoms with van der Waals surface area (Å²) in [6, 6.07) is 9.49. The van der Waals surface area contributed by atoms with Crippen LogP contribution < -0.4 is 0 Å². The van der Waals surface area contributed by atoms with Crippen LogP contribution in [0.2, 0.25) is 0 Å². The van der Waals surface area contributed by atoms with E-state index in [0.717, 1.165) is 16.7 Å². The number of carbonyl (C=O) groups is 1. The molecule has 0 aliphatic heterocycles. The Kier molecular flexibility index (Phi) is 2.91. The molecule has 0 aliphatic carbocycles. The van der Waals surface area contributed by atoms with Crippen LogP contribution in [0.1, 0.15) is 27.2 Å². The SMILES string of the molecule is Cc1cccc(C)c1CC(=O)c1ccco1. The summed E-state index contributed by atoms with van der Waals surface area (Å²) in [6.45, 7) is 4.05. The lowest BCUT2D eigenvalue weighted by Gasteiger charge is -2.07. The van der Waals surface area contributed by atoms with E-state index in [4.69, 9.17) is 4.42 Å². The minimum atomic E-state index is 0.0300. The van der Waals surface area contributed by atoms with Gasteiger partial charge in [0.25, 0.3) is 0 Å². The first kappa shape index (κ1) is 10.7.